The van der Waals surface area contributed by atoms with Crippen LogP contribution in [0.2, 0.25) is 0 Å². The Bertz CT molecular complexity index is 617. The van der Waals surface area contributed by atoms with Gasteiger partial charge in [-0.05, 0) is 41.7 Å². The van der Waals surface area contributed by atoms with E-state index in [9.17, 15) is 5.11 Å². The van der Waals surface area contributed by atoms with Gasteiger partial charge in [0.2, 0.25) is 5.95 Å². The largest absolute Gasteiger partial charge is 0.393 e. The molecule has 24 heavy (non-hydrogen) atoms. The van der Waals surface area contributed by atoms with E-state index < -0.39 is 5.60 Å². The molecule has 130 valence electrons. The third kappa shape index (κ3) is 3.73. The number of rotatable bonds is 7. The summed E-state index contributed by atoms with van der Waals surface area (Å²) < 4.78 is 7.38. The summed E-state index contributed by atoms with van der Waals surface area (Å²) in [5, 5.41) is 21.7. The Morgan fingerprint density at radius 3 is 2.62 bits per heavy atom. The van der Waals surface area contributed by atoms with Crippen molar-refractivity contribution >= 4 is 5.95 Å². The lowest BCUT2D eigenvalue weighted by Gasteiger charge is -2.39. The molecule has 1 aromatic carbocycles. The fraction of sp³-hybridized carbons (Fsp3) is 0.588. The number of tetrazole rings is 1. The molecule has 1 fully saturated rings. The van der Waals surface area contributed by atoms with Gasteiger partial charge < -0.3 is 14.7 Å². The highest BCUT2D eigenvalue weighted by Gasteiger charge is 2.35. The Labute approximate surface area is 142 Å². The Balaban J connectivity index is 1.56. The molecule has 0 saturated carbocycles. The van der Waals surface area contributed by atoms with Gasteiger partial charge in [0.05, 0.1) is 12.2 Å². The summed E-state index contributed by atoms with van der Waals surface area (Å²) >= 11 is 0. The van der Waals surface area contributed by atoms with Crippen LogP contribution in [-0.4, -0.2) is 57.7 Å². The number of benzene rings is 1. The van der Waals surface area contributed by atoms with E-state index in [2.05, 4.69) is 44.7 Å². The van der Waals surface area contributed by atoms with Crippen molar-refractivity contribution in [1.82, 2.24) is 20.2 Å². The number of aliphatic hydroxyl groups is 1. The maximum Gasteiger partial charge on any atom is 0.245 e. The van der Waals surface area contributed by atoms with Crippen molar-refractivity contribution in [2.75, 3.05) is 31.7 Å². The summed E-state index contributed by atoms with van der Waals surface area (Å²) in [5.41, 5.74) is 0.917. The average Bonchev–Trinajstić information content (AvgIpc) is 3.11. The molecular formula is C17H25N5O2. The number of aliphatic hydroxyl groups excluding tert-OH is 1. The fourth-order valence-electron chi connectivity index (χ4n) is 3.19. The highest BCUT2D eigenvalue weighted by molar-refractivity contribution is 5.29. The predicted octanol–water partition coefficient (Wildman–Crippen LogP) is 1.28. The van der Waals surface area contributed by atoms with Gasteiger partial charge in [0, 0.05) is 26.7 Å². The summed E-state index contributed by atoms with van der Waals surface area (Å²) in [6, 6.07) is 10.4. The second kappa shape index (κ2) is 7.72. The lowest BCUT2D eigenvalue weighted by molar-refractivity contribution is -0.0674. The number of nitrogens with zero attached hydrogens (tertiary/aromatic N) is 5. The molecule has 2 heterocycles. The van der Waals surface area contributed by atoms with Crippen LogP contribution in [0.25, 0.3) is 0 Å². The first-order chi connectivity index (χ1) is 11.8. The summed E-state index contributed by atoms with van der Waals surface area (Å²) in [6.45, 7) is 2.42. The van der Waals surface area contributed by atoms with Crippen LogP contribution in [0.5, 0.6) is 0 Å². The van der Waals surface area contributed by atoms with Crippen LogP contribution in [0.1, 0.15) is 24.8 Å². The van der Waals surface area contributed by atoms with E-state index in [1.165, 1.54) is 5.56 Å². The van der Waals surface area contributed by atoms with Gasteiger partial charge in [-0.2, -0.15) is 0 Å². The van der Waals surface area contributed by atoms with E-state index in [0.29, 0.717) is 0 Å². The zero-order valence-electron chi connectivity index (χ0n) is 14.1. The van der Waals surface area contributed by atoms with Gasteiger partial charge in [-0.3, -0.25) is 0 Å². The maximum absolute atomic E-state index is 9.55. The first-order valence-corrected chi connectivity index (χ1v) is 8.47. The monoisotopic (exact) mass is 331 g/mol. The molecule has 0 spiro atoms. The molecule has 2 aromatic rings. The van der Waals surface area contributed by atoms with Crippen LogP contribution in [0.3, 0.4) is 0 Å². The molecule has 0 atom stereocenters. The minimum atomic E-state index is -0.415. The number of methoxy groups -OCH3 is 1. The molecule has 0 bridgehead atoms. The van der Waals surface area contributed by atoms with Crippen molar-refractivity contribution < 1.29 is 9.84 Å². The number of aromatic nitrogens is 4. The normalized spacial score (nSPS) is 17.2. The Morgan fingerprint density at radius 1 is 1.21 bits per heavy atom. The second-order valence-electron chi connectivity index (χ2n) is 6.32. The molecule has 0 aliphatic carbocycles. The van der Waals surface area contributed by atoms with Gasteiger partial charge in [-0.1, -0.05) is 35.4 Å². The van der Waals surface area contributed by atoms with Crippen LogP contribution in [0, 0.1) is 0 Å². The van der Waals surface area contributed by atoms with Crippen molar-refractivity contribution in [3.63, 3.8) is 0 Å². The van der Waals surface area contributed by atoms with Gasteiger partial charge in [-0.25, -0.2) is 4.68 Å². The quantitative estimate of drug-likeness (QED) is 0.824. The third-order valence-corrected chi connectivity index (χ3v) is 4.87. The minimum Gasteiger partial charge on any atom is -0.393 e. The van der Waals surface area contributed by atoms with E-state index in [1.54, 1.807) is 7.11 Å². The number of hydrogen-bond donors (Lipinski definition) is 1. The van der Waals surface area contributed by atoms with Crippen LogP contribution in [-0.2, 0) is 17.7 Å². The number of ether oxygens (including phenoxy) is 1. The maximum atomic E-state index is 9.55. The zero-order chi connectivity index (χ0) is 16.8. The summed E-state index contributed by atoms with van der Waals surface area (Å²) in [4.78, 5) is 2.18. The Hall–Kier alpha value is -1.99. The van der Waals surface area contributed by atoms with E-state index >= 15 is 0 Å². The Morgan fingerprint density at radius 2 is 1.96 bits per heavy atom. The molecule has 3 rings (SSSR count). The Kier molecular flexibility index (Phi) is 5.42. The summed E-state index contributed by atoms with van der Waals surface area (Å²) in [5.74, 6) is 0.811. The van der Waals surface area contributed by atoms with E-state index in [4.69, 9.17) is 4.74 Å². The van der Waals surface area contributed by atoms with E-state index in [-0.39, 0.29) is 6.61 Å². The predicted molar refractivity (Wildman–Crippen MR) is 90.9 cm³/mol. The van der Waals surface area contributed by atoms with Gasteiger partial charge in [0.25, 0.3) is 0 Å². The number of anilines is 1. The van der Waals surface area contributed by atoms with E-state index in [0.717, 1.165) is 51.3 Å². The lowest BCUT2D eigenvalue weighted by atomic mass is 9.92. The molecule has 7 heteroatoms. The smallest absolute Gasteiger partial charge is 0.245 e. The first kappa shape index (κ1) is 16.9. The fourth-order valence-corrected chi connectivity index (χ4v) is 3.19. The van der Waals surface area contributed by atoms with Crippen LogP contribution in [0.15, 0.2) is 30.3 Å². The third-order valence-electron chi connectivity index (χ3n) is 4.87. The van der Waals surface area contributed by atoms with Crippen molar-refractivity contribution in [2.45, 2.75) is 37.8 Å². The van der Waals surface area contributed by atoms with Crippen molar-refractivity contribution in [1.29, 1.82) is 0 Å². The van der Waals surface area contributed by atoms with Crippen molar-refractivity contribution in [3.8, 4) is 0 Å². The van der Waals surface area contributed by atoms with Crippen LogP contribution < -0.4 is 4.90 Å². The first-order valence-electron chi connectivity index (χ1n) is 8.47. The van der Waals surface area contributed by atoms with Gasteiger partial charge >= 0.3 is 0 Å². The average molecular weight is 331 g/mol. The molecule has 0 unspecified atom stereocenters. The zero-order valence-corrected chi connectivity index (χ0v) is 14.1. The van der Waals surface area contributed by atoms with Crippen LogP contribution in [0.4, 0.5) is 5.95 Å². The molecule has 1 aliphatic heterocycles. The molecule has 0 amide bonds. The number of hydrogen-bond acceptors (Lipinski definition) is 6. The van der Waals surface area contributed by atoms with Crippen molar-refractivity contribution in [3.05, 3.63) is 35.9 Å². The molecule has 1 aromatic heterocycles. The van der Waals surface area contributed by atoms with Gasteiger partial charge in [0.15, 0.2) is 0 Å². The highest BCUT2D eigenvalue weighted by atomic mass is 16.5. The van der Waals surface area contributed by atoms with Crippen LogP contribution >= 0.6 is 0 Å². The van der Waals surface area contributed by atoms with E-state index in [1.807, 2.05) is 10.7 Å². The molecule has 0 radical (unpaired) electrons. The van der Waals surface area contributed by atoms with Crippen molar-refractivity contribution in [2.24, 2.45) is 0 Å². The lowest BCUT2D eigenvalue weighted by Crippen LogP contribution is -2.48. The second-order valence-corrected chi connectivity index (χ2v) is 6.32. The standard InChI is InChI=1S/C17H25N5O2/c1-24-17(14-23)9-12-21(13-10-17)16-18-19-20-22(16)11-5-8-15-6-3-2-4-7-15/h2-4,6-7,23H,5,8-14H2,1H3. The topological polar surface area (TPSA) is 76.3 Å². The molecular weight excluding hydrogens is 306 g/mol. The minimum absolute atomic E-state index is 0.0549. The summed E-state index contributed by atoms with van der Waals surface area (Å²) in [6.07, 6.45) is 3.56. The van der Waals surface area contributed by atoms with Gasteiger partial charge in [0.1, 0.15) is 0 Å². The number of piperidine rings is 1. The SMILES string of the molecule is COC1(CO)CCN(c2nnnn2CCCc2ccccc2)CC1. The highest BCUT2D eigenvalue weighted by Crippen LogP contribution is 2.27. The number of aryl methyl sites for hydroxylation is 2. The molecule has 7 nitrogen and oxygen atoms in total. The summed E-state index contributed by atoms with van der Waals surface area (Å²) in [7, 11) is 1.67. The molecule has 1 N–H and O–H groups in total. The molecule has 1 saturated heterocycles. The molecule has 1 aliphatic rings. The van der Waals surface area contributed by atoms with Gasteiger partial charge in [-0.15, -0.1) is 0 Å².